The Morgan fingerprint density at radius 1 is 0.893 bits per heavy atom. The molecule has 0 aliphatic carbocycles. The third-order valence-electron chi connectivity index (χ3n) is 4.02. The molecule has 0 radical (unpaired) electrons. The molecule has 0 bridgehead atoms. The Morgan fingerprint density at radius 3 is 2.14 bits per heavy atom. The highest BCUT2D eigenvalue weighted by atomic mass is 35.5. The Balaban J connectivity index is 1.88. The van der Waals surface area contributed by atoms with E-state index in [9.17, 15) is 13.2 Å². The Morgan fingerprint density at radius 2 is 1.50 bits per heavy atom. The van der Waals surface area contributed by atoms with Crippen molar-refractivity contribution in [1.29, 1.82) is 0 Å². The van der Waals surface area contributed by atoms with Crippen molar-refractivity contribution in [3.8, 4) is 0 Å². The van der Waals surface area contributed by atoms with Crippen LogP contribution in [0.25, 0.3) is 0 Å². The number of aryl methyl sites for hydroxylation is 2. The summed E-state index contributed by atoms with van der Waals surface area (Å²) in [4.78, 5) is 12.8. The van der Waals surface area contributed by atoms with Gasteiger partial charge in [0.05, 0.1) is 16.1 Å². The second kappa shape index (κ2) is 8.04. The number of hydrogen-bond donors (Lipinski definition) is 2. The lowest BCUT2D eigenvalue weighted by molar-refractivity contribution is 0.102. The maximum absolute atomic E-state index is 12.8. The van der Waals surface area contributed by atoms with Gasteiger partial charge in [-0.3, -0.25) is 9.52 Å². The van der Waals surface area contributed by atoms with Crippen molar-refractivity contribution in [1.82, 2.24) is 0 Å². The second-order valence-corrected chi connectivity index (χ2v) is 8.55. The minimum atomic E-state index is -3.86. The van der Waals surface area contributed by atoms with Gasteiger partial charge in [-0.05, 0) is 73.5 Å². The Bertz CT molecular complexity index is 1110. The zero-order valence-corrected chi connectivity index (χ0v) is 16.9. The molecule has 0 atom stereocenters. The van der Waals surface area contributed by atoms with Crippen LogP contribution in [0, 0.1) is 13.8 Å². The first-order chi connectivity index (χ1) is 13.2. The van der Waals surface area contributed by atoms with Gasteiger partial charge < -0.3 is 5.32 Å². The van der Waals surface area contributed by atoms with Crippen molar-refractivity contribution >= 4 is 38.9 Å². The molecule has 0 aliphatic heterocycles. The van der Waals surface area contributed by atoms with Crippen LogP contribution in [-0.4, -0.2) is 14.3 Å². The molecule has 1 amide bonds. The lowest BCUT2D eigenvalue weighted by Crippen LogP contribution is -2.18. The molecule has 28 heavy (non-hydrogen) atoms. The fraction of sp³-hybridized carbons (Fsp3) is 0.0952. The largest absolute Gasteiger partial charge is 0.322 e. The molecule has 0 unspecified atom stereocenters. The molecule has 3 rings (SSSR count). The number of rotatable bonds is 5. The first kappa shape index (κ1) is 19.9. The summed E-state index contributed by atoms with van der Waals surface area (Å²) < 4.78 is 27.8. The van der Waals surface area contributed by atoms with Crippen LogP contribution in [0.5, 0.6) is 0 Å². The van der Waals surface area contributed by atoms with Crippen LogP contribution in [0.3, 0.4) is 0 Å². The highest BCUT2D eigenvalue weighted by Gasteiger charge is 2.18. The van der Waals surface area contributed by atoms with E-state index in [1.807, 2.05) is 32.0 Å². The summed E-state index contributed by atoms with van der Waals surface area (Å²) in [6, 6.07) is 18.0. The van der Waals surface area contributed by atoms with Crippen LogP contribution in [0.2, 0.25) is 5.02 Å². The van der Waals surface area contributed by atoms with E-state index in [4.69, 9.17) is 11.6 Å². The van der Waals surface area contributed by atoms with Gasteiger partial charge in [-0.25, -0.2) is 8.42 Å². The first-order valence-electron chi connectivity index (χ1n) is 8.52. The van der Waals surface area contributed by atoms with Crippen molar-refractivity contribution in [3.63, 3.8) is 0 Å². The van der Waals surface area contributed by atoms with Gasteiger partial charge in [-0.2, -0.15) is 0 Å². The van der Waals surface area contributed by atoms with Gasteiger partial charge in [0, 0.05) is 10.7 Å². The predicted octanol–water partition coefficient (Wildman–Crippen LogP) is 5.01. The number of anilines is 2. The number of sulfonamides is 1. The number of para-hydroxylation sites is 1. The molecule has 0 saturated carbocycles. The molecule has 7 heteroatoms. The van der Waals surface area contributed by atoms with Gasteiger partial charge >= 0.3 is 0 Å². The summed E-state index contributed by atoms with van der Waals surface area (Å²) in [7, 11) is -3.86. The minimum Gasteiger partial charge on any atom is -0.322 e. The van der Waals surface area contributed by atoms with Crippen molar-refractivity contribution in [2.24, 2.45) is 0 Å². The predicted molar refractivity (Wildman–Crippen MR) is 113 cm³/mol. The van der Waals surface area contributed by atoms with Crippen LogP contribution in [-0.2, 0) is 10.0 Å². The van der Waals surface area contributed by atoms with E-state index in [1.54, 1.807) is 24.3 Å². The summed E-state index contributed by atoms with van der Waals surface area (Å²) >= 11 is 5.82. The van der Waals surface area contributed by atoms with E-state index in [2.05, 4.69) is 10.0 Å². The molecule has 144 valence electrons. The summed E-state index contributed by atoms with van der Waals surface area (Å²) in [5, 5.41) is 3.26. The van der Waals surface area contributed by atoms with Crippen molar-refractivity contribution < 1.29 is 13.2 Å². The average Bonchev–Trinajstić information content (AvgIpc) is 2.61. The zero-order chi connectivity index (χ0) is 20.3. The second-order valence-electron chi connectivity index (χ2n) is 6.44. The fourth-order valence-electron chi connectivity index (χ4n) is 2.83. The topological polar surface area (TPSA) is 75.3 Å². The monoisotopic (exact) mass is 414 g/mol. The summed E-state index contributed by atoms with van der Waals surface area (Å²) in [5.41, 5.74) is 3.11. The lowest BCUT2D eigenvalue weighted by atomic mass is 10.1. The molecular weight excluding hydrogens is 396 g/mol. The molecule has 0 spiro atoms. The average molecular weight is 415 g/mol. The van der Waals surface area contributed by atoms with Crippen LogP contribution in [0.4, 0.5) is 11.4 Å². The van der Waals surface area contributed by atoms with Crippen molar-refractivity contribution in [3.05, 3.63) is 88.4 Å². The molecule has 0 aliphatic rings. The molecule has 3 aromatic carbocycles. The maximum Gasteiger partial charge on any atom is 0.261 e. The summed E-state index contributed by atoms with van der Waals surface area (Å²) in [5.74, 6) is -0.403. The number of amides is 1. The van der Waals surface area contributed by atoms with E-state index in [1.165, 1.54) is 24.3 Å². The van der Waals surface area contributed by atoms with Gasteiger partial charge in [0.1, 0.15) is 0 Å². The van der Waals surface area contributed by atoms with Gasteiger partial charge in [-0.1, -0.05) is 29.8 Å². The van der Waals surface area contributed by atoms with Crippen molar-refractivity contribution in [2.45, 2.75) is 18.7 Å². The molecule has 0 heterocycles. The molecule has 2 N–H and O–H groups in total. The number of halogens is 1. The third-order valence-corrected chi connectivity index (χ3v) is 5.65. The number of carbonyl (C=O) groups excluding carboxylic acids is 1. The molecule has 0 fully saturated rings. The number of carbonyl (C=O) groups is 1. The van der Waals surface area contributed by atoms with E-state index < -0.39 is 15.9 Å². The van der Waals surface area contributed by atoms with Crippen LogP contribution < -0.4 is 10.0 Å². The SMILES string of the molecule is Cc1cc(C)cc(NC(=O)c2ccccc2NS(=O)(=O)c2ccc(Cl)cc2)c1. The van der Waals surface area contributed by atoms with Crippen molar-refractivity contribution in [2.75, 3.05) is 10.0 Å². The lowest BCUT2D eigenvalue weighted by Gasteiger charge is -2.13. The Hall–Kier alpha value is -2.83. The first-order valence-corrected chi connectivity index (χ1v) is 10.4. The quantitative estimate of drug-likeness (QED) is 0.616. The van der Waals surface area contributed by atoms with Crippen LogP contribution in [0.15, 0.2) is 71.6 Å². The van der Waals surface area contributed by atoms with Crippen LogP contribution >= 0.6 is 11.6 Å². The van der Waals surface area contributed by atoms with E-state index in [0.717, 1.165) is 11.1 Å². The van der Waals surface area contributed by atoms with E-state index in [-0.39, 0.29) is 16.1 Å². The fourth-order valence-corrected chi connectivity index (χ4v) is 4.04. The number of nitrogens with one attached hydrogen (secondary N) is 2. The van der Waals surface area contributed by atoms with E-state index in [0.29, 0.717) is 10.7 Å². The highest BCUT2D eigenvalue weighted by Crippen LogP contribution is 2.23. The molecule has 0 aromatic heterocycles. The molecule has 3 aromatic rings. The van der Waals surface area contributed by atoms with Gasteiger partial charge in [-0.15, -0.1) is 0 Å². The minimum absolute atomic E-state index is 0.0569. The highest BCUT2D eigenvalue weighted by molar-refractivity contribution is 7.92. The van der Waals surface area contributed by atoms with Gasteiger partial charge in [0.2, 0.25) is 0 Å². The number of hydrogen-bond acceptors (Lipinski definition) is 3. The zero-order valence-electron chi connectivity index (χ0n) is 15.4. The van der Waals surface area contributed by atoms with Crippen LogP contribution in [0.1, 0.15) is 21.5 Å². The Labute approximate surface area is 169 Å². The van der Waals surface area contributed by atoms with Gasteiger partial charge in [0.25, 0.3) is 15.9 Å². The molecule has 5 nitrogen and oxygen atoms in total. The normalized spacial score (nSPS) is 11.1. The maximum atomic E-state index is 12.8. The Kier molecular flexibility index (Phi) is 5.72. The number of benzene rings is 3. The van der Waals surface area contributed by atoms with Gasteiger partial charge in [0.15, 0.2) is 0 Å². The summed E-state index contributed by atoms with van der Waals surface area (Å²) in [6.45, 7) is 3.88. The standard InChI is InChI=1S/C21H19ClN2O3S/c1-14-11-15(2)13-17(12-14)23-21(25)19-5-3-4-6-20(19)24-28(26,27)18-9-7-16(22)8-10-18/h3-13,24H,1-2H3,(H,23,25). The van der Waals surface area contributed by atoms with E-state index >= 15 is 0 Å². The molecule has 0 saturated heterocycles. The third kappa shape index (κ3) is 4.71. The molecular formula is C21H19ClN2O3S. The summed E-state index contributed by atoms with van der Waals surface area (Å²) in [6.07, 6.45) is 0. The smallest absolute Gasteiger partial charge is 0.261 e.